The average Bonchev–Trinajstić information content (AvgIpc) is 2.36. The molecule has 0 N–H and O–H groups in total. The fourth-order valence-electron chi connectivity index (χ4n) is 0.976. The molecule has 0 bridgehead atoms. The van der Waals surface area contributed by atoms with Gasteiger partial charge in [0.25, 0.3) is 0 Å². The largest absolute Gasteiger partial charge is 0.421 e. The molecule has 8 heteroatoms. The first-order valence-corrected chi connectivity index (χ1v) is 8.45. The predicted octanol–water partition coefficient (Wildman–Crippen LogP) is 2.93. The van der Waals surface area contributed by atoms with E-state index in [9.17, 15) is 14.2 Å². The molecular weight excluding hydrogens is 275 g/mol. The lowest BCUT2D eigenvalue weighted by molar-refractivity contribution is -0.113. The van der Waals surface area contributed by atoms with Crippen LogP contribution in [0, 0.1) is 0 Å². The summed E-state index contributed by atoms with van der Waals surface area (Å²) in [4.78, 5) is 22.4. The number of ether oxygens (including phenoxy) is 1. The van der Waals surface area contributed by atoms with Crippen LogP contribution in [0.5, 0.6) is 0 Å². The van der Waals surface area contributed by atoms with Crippen molar-refractivity contribution in [3.05, 3.63) is 12.8 Å². The van der Waals surface area contributed by atoms with Crippen LogP contribution >= 0.6 is 18.0 Å². The van der Waals surface area contributed by atoms with Gasteiger partial charge < -0.3 is 4.74 Å². The first kappa shape index (κ1) is 17.1. The summed E-state index contributed by atoms with van der Waals surface area (Å²) in [5, 5.41) is 0.0391. The Hall–Kier alpha value is -0.940. The Kier molecular flexibility index (Phi) is 7.09. The summed E-state index contributed by atoms with van der Waals surface area (Å²) in [5.74, 6) is 0. The highest BCUT2D eigenvalue weighted by atomic mass is 32.7. The molecule has 0 saturated carbocycles. The fraction of sp³-hybridized carbons (Fsp3) is 0.600. The van der Waals surface area contributed by atoms with Gasteiger partial charge in [0.05, 0.1) is 6.26 Å². The van der Waals surface area contributed by atoms with E-state index in [0.717, 1.165) is 33.4 Å². The van der Waals surface area contributed by atoms with Crippen molar-refractivity contribution in [2.45, 2.75) is 25.5 Å². The minimum Gasteiger partial charge on any atom is -0.419 e. The number of hydrogen-bond acceptors (Lipinski definition) is 5. The van der Waals surface area contributed by atoms with Gasteiger partial charge in [-0.3, -0.25) is 14.0 Å². The molecule has 0 rings (SSSR count). The SMILES string of the molecule is C=COC(=O)N(C)P(=O)(SC(C)CC)N(C)C=O. The van der Waals surface area contributed by atoms with E-state index in [1.54, 1.807) is 0 Å². The molecule has 104 valence electrons. The zero-order valence-electron chi connectivity index (χ0n) is 11.0. The maximum absolute atomic E-state index is 12.8. The van der Waals surface area contributed by atoms with E-state index in [0.29, 0.717) is 6.41 Å². The molecule has 0 aromatic carbocycles. The molecule has 0 spiro atoms. The quantitative estimate of drug-likeness (QED) is 0.410. The molecule has 0 radical (unpaired) electrons. The Morgan fingerprint density at radius 2 is 2.11 bits per heavy atom. The van der Waals surface area contributed by atoms with Gasteiger partial charge >= 0.3 is 12.7 Å². The molecule has 0 aliphatic heterocycles. The molecule has 0 saturated heterocycles. The summed E-state index contributed by atoms with van der Waals surface area (Å²) >= 11 is 1.08. The Morgan fingerprint density at radius 1 is 1.56 bits per heavy atom. The van der Waals surface area contributed by atoms with Gasteiger partial charge in [0.15, 0.2) is 0 Å². The zero-order valence-corrected chi connectivity index (χ0v) is 12.7. The van der Waals surface area contributed by atoms with E-state index in [2.05, 4.69) is 11.3 Å². The van der Waals surface area contributed by atoms with Crippen LogP contribution in [-0.2, 0) is 14.1 Å². The lowest BCUT2D eigenvalue weighted by atomic mass is 10.4. The van der Waals surface area contributed by atoms with Crippen molar-refractivity contribution < 1.29 is 18.9 Å². The Balaban J connectivity index is 5.20. The van der Waals surface area contributed by atoms with Crippen LogP contribution in [0.1, 0.15) is 20.3 Å². The molecule has 0 aromatic heterocycles. The number of amides is 2. The topological polar surface area (TPSA) is 66.9 Å². The van der Waals surface area contributed by atoms with Crippen molar-refractivity contribution in [3.63, 3.8) is 0 Å². The molecule has 2 unspecified atom stereocenters. The summed E-state index contributed by atoms with van der Waals surface area (Å²) in [7, 11) is 2.71. The van der Waals surface area contributed by atoms with E-state index in [-0.39, 0.29) is 5.25 Å². The van der Waals surface area contributed by atoms with Gasteiger partial charge in [-0.1, -0.05) is 31.8 Å². The lowest BCUT2D eigenvalue weighted by Gasteiger charge is -2.32. The Labute approximate surface area is 112 Å². The maximum atomic E-state index is 12.8. The number of carbonyl (C=O) groups excluding carboxylic acids is 2. The minimum atomic E-state index is -3.37. The van der Waals surface area contributed by atoms with Crippen LogP contribution < -0.4 is 0 Å². The van der Waals surface area contributed by atoms with Gasteiger partial charge in [0, 0.05) is 19.3 Å². The van der Waals surface area contributed by atoms with Crippen molar-refractivity contribution in [3.8, 4) is 0 Å². The van der Waals surface area contributed by atoms with E-state index in [1.165, 1.54) is 14.1 Å². The van der Waals surface area contributed by atoms with Gasteiger partial charge in [-0.05, 0) is 6.42 Å². The summed E-state index contributed by atoms with van der Waals surface area (Å²) < 4.78 is 19.3. The van der Waals surface area contributed by atoms with Crippen LogP contribution in [0.25, 0.3) is 0 Å². The molecule has 2 amide bonds. The van der Waals surface area contributed by atoms with Crippen LogP contribution in [0.4, 0.5) is 4.79 Å². The molecule has 0 aliphatic carbocycles. The maximum Gasteiger partial charge on any atom is 0.421 e. The van der Waals surface area contributed by atoms with Crippen molar-refractivity contribution in [1.82, 2.24) is 9.34 Å². The van der Waals surface area contributed by atoms with E-state index >= 15 is 0 Å². The second kappa shape index (κ2) is 7.48. The van der Waals surface area contributed by atoms with E-state index < -0.39 is 12.7 Å². The third-order valence-electron chi connectivity index (χ3n) is 2.27. The monoisotopic (exact) mass is 294 g/mol. The summed E-state index contributed by atoms with van der Waals surface area (Å²) in [6.07, 6.45) is 1.36. The van der Waals surface area contributed by atoms with Crippen molar-refractivity contribution in [2.75, 3.05) is 14.1 Å². The predicted molar refractivity (Wildman–Crippen MR) is 73.2 cm³/mol. The third kappa shape index (κ3) is 4.07. The second-order valence-corrected chi connectivity index (χ2v) is 8.86. The Bertz CT molecular complexity index is 364. The molecule has 0 aromatic rings. The highest BCUT2D eigenvalue weighted by Crippen LogP contribution is 2.64. The minimum absolute atomic E-state index is 0.0391. The highest BCUT2D eigenvalue weighted by Gasteiger charge is 2.38. The van der Waals surface area contributed by atoms with Crippen molar-refractivity contribution in [2.24, 2.45) is 0 Å². The summed E-state index contributed by atoms with van der Waals surface area (Å²) in [6, 6.07) is 0. The van der Waals surface area contributed by atoms with Gasteiger partial charge in [-0.2, -0.15) is 0 Å². The molecule has 0 heterocycles. The molecular formula is C10H19N2O4PS. The molecule has 2 atom stereocenters. The molecule has 0 aliphatic rings. The van der Waals surface area contributed by atoms with Gasteiger partial charge in [-0.25, -0.2) is 9.46 Å². The van der Waals surface area contributed by atoms with Gasteiger partial charge in [0.2, 0.25) is 6.41 Å². The first-order chi connectivity index (χ1) is 8.33. The molecule has 6 nitrogen and oxygen atoms in total. The average molecular weight is 294 g/mol. The molecule has 0 fully saturated rings. The highest BCUT2D eigenvalue weighted by molar-refractivity contribution is 8.57. The third-order valence-corrected chi connectivity index (χ3v) is 8.46. The number of nitrogens with zero attached hydrogens (tertiary/aromatic N) is 2. The number of carbonyl (C=O) groups is 2. The molecule has 18 heavy (non-hydrogen) atoms. The zero-order chi connectivity index (χ0) is 14.3. The summed E-state index contributed by atoms with van der Waals surface area (Å²) in [5.41, 5.74) is 0. The second-order valence-electron chi connectivity index (χ2n) is 3.57. The van der Waals surface area contributed by atoms with Gasteiger partial charge in [-0.15, -0.1) is 0 Å². The normalized spacial score (nSPS) is 15.1. The first-order valence-electron chi connectivity index (χ1n) is 5.36. The number of rotatable bonds is 7. The van der Waals surface area contributed by atoms with Crippen LogP contribution in [-0.4, -0.2) is 41.2 Å². The standard InChI is InChI=1S/C10H19N2O4PS/c1-6-9(3)18-17(15,11(4)8-13)12(5)10(14)16-7-2/h7-9H,2,6H2,1,3-5H3. The Morgan fingerprint density at radius 3 is 2.50 bits per heavy atom. The lowest BCUT2D eigenvalue weighted by Crippen LogP contribution is -2.30. The fourth-order valence-corrected chi connectivity index (χ4v) is 5.72. The van der Waals surface area contributed by atoms with Crippen LogP contribution in [0.2, 0.25) is 0 Å². The number of hydrogen-bond donors (Lipinski definition) is 0. The van der Waals surface area contributed by atoms with E-state index in [1.807, 2.05) is 13.8 Å². The van der Waals surface area contributed by atoms with Crippen LogP contribution in [0.15, 0.2) is 12.8 Å². The summed E-state index contributed by atoms with van der Waals surface area (Å²) in [6.45, 7) is 3.70. The van der Waals surface area contributed by atoms with Gasteiger partial charge in [0.1, 0.15) is 0 Å². The van der Waals surface area contributed by atoms with Crippen molar-refractivity contribution in [1.29, 1.82) is 0 Å². The van der Waals surface area contributed by atoms with Crippen molar-refractivity contribution >= 4 is 30.5 Å². The van der Waals surface area contributed by atoms with E-state index in [4.69, 9.17) is 0 Å². The smallest absolute Gasteiger partial charge is 0.419 e. The van der Waals surface area contributed by atoms with Crippen LogP contribution in [0.3, 0.4) is 0 Å².